The molecule has 0 spiro atoms. The Bertz CT molecular complexity index is 419. The van der Waals surface area contributed by atoms with E-state index in [4.69, 9.17) is 5.11 Å². The SMILES string of the molecule is CC1CN(C)CCC1NCc1cc(C(=O)O)cs1. The number of hydrogen-bond donors (Lipinski definition) is 2. The summed E-state index contributed by atoms with van der Waals surface area (Å²) in [6, 6.07) is 2.30. The fraction of sp³-hybridized carbons (Fsp3) is 0.615. The molecule has 2 N–H and O–H groups in total. The molecule has 1 aliphatic rings. The van der Waals surface area contributed by atoms with Gasteiger partial charge in [-0.15, -0.1) is 11.3 Å². The number of carbonyl (C=O) groups is 1. The van der Waals surface area contributed by atoms with Crippen LogP contribution < -0.4 is 5.32 Å². The lowest BCUT2D eigenvalue weighted by atomic mass is 9.94. The van der Waals surface area contributed by atoms with Gasteiger partial charge in [0.1, 0.15) is 0 Å². The molecule has 18 heavy (non-hydrogen) atoms. The summed E-state index contributed by atoms with van der Waals surface area (Å²) in [4.78, 5) is 14.2. The van der Waals surface area contributed by atoms with Gasteiger partial charge in [-0.1, -0.05) is 6.92 Å². The Morgan fingerprint density at radius 1 is 1.67 bits per heavy atom. The predicted molar refractivity (Wildman–Crippen MR) is 73.2 cm³/mol. The van der Waals surface area contributed by atoms with Crippen LogP contribution in [0.4, 0.5) is 0 Å². The van der Waals surface area contributed by atoms with Crippen LogP contribution in [0.2, 0.25) is 0 Å². The van der Waals surface area contributed by atoms with Crippen LogP contribution in [0.5, 0.6) is 0 Å². The molecule has 2 rings (SSSR count). The Hall–Kier alpha value is -0.910. The minimum absolute atomic E-state index is 0.397. The molecule has 2 unspecified atom stereocenters. The van der Waals surface area contributed by atoms with Crippen LogP contribution in [-0.4, -0.2) is 42.2 Å². The maximum atomic E-state index is 10.8. The molecule has 1 fully saturated rings. The Labute approximate surface area is 112 Å². The molecule has 0 aromatic carbocycles. The van der Waals surface area contributed by atoms with Crippen LogP contribution in [0.15, 0.2) is 11.4 Å². The van der Waals surface area contributed by atoms with E-state index in [1.54, 1.807) is 11.4 Å². The summed E-state index contributed by atoms with van der Waals surface area (Å²) < 4.78 is 0. The van der Waals surface area contributed by atoms with Crippen LogP contribution in [0.25, 0.3) is 0 Å². The number of carboxylic acid groups (broad SMARTS) is 1. The van der Waals surface area contributed by atoms with Gasteiger partial charge in [0.25, 0.3) is 0 Å². The van der Waals surface area contributed by atoms with Gasteiger partial charge in [-0.25, -0.2) is 4.79 Å². The highest BCUT2D eigenvalue weighted by molar-refractivity contribution is 7.10. The third-order valence-corrected chi connectivity index (χ3v) is 4.48. The van der Waals surface area contributed by atoms with E-state index in [1.165, 1.54) is 11.3 Å². The smallest absolute Gasteiger partial charge is 0.336 e. The van der Waals surface area contributed by atoms with Gasteiger partial charge in [0.2, 0.25) is 0 Å². The highest BCUT2D eigenvalue weighted by Crippen LogP contribution is 2.18. The van der Waals surface area contributed by atoms with Crippen LogP contribution in [0.1, 0.15) is 28.6 Å². The summed E-state index contributed by atoms with van der Waals surface area (Å²) in [5.41, 5.74) is 0.397. The van der Waals surface area contributed by atoms with E-state index < -0.39 is 5.97 Å². The van der Waals surface area contributed by atoms with Gasteiger partial charge < -0.3 is 15.3 Å². The second-order valence-electron chi connectivity index (χ2n) is 5.12. The number of likely N-dealkylation sites (tertiary alicyclic amines) is 1. The molecule has 4 nitrogen and oxygen atoms in total. The van der Waals surface area contributed by atoms with E-state index in [9.17, 15) is 4.79 Å². The zero-order chi connectivity index (χ0) is 13.1. The predicted octanol–water partition coefficient (Wildman–Crippen LogP) is 1.88. The van der Waals surface area contributed by atoms with E-state index in [0.29, 0.717) is 17.5 Å². The largest absolute Gasteiger partial charge is 0.478 e. The normalized spacial score (nSPS) is 25.2. The van der Waals surface area contributed by atoms with Gasteiger partial charge in [-0.3, -0.25) is 0 Å². The summed E-state index contributed by atoms with van der Waals surface area (Å²) in [7, 11) is 2.16. The number of aromatic carboxylic acids is 1. The minimum atomic E-state index is -0.842. The molecule has 0 amide bonds. The fourth-order valence-corrected chi connectivity index (χ4v) is 3.28. The minimum Gasteiger partial charge on any atom is -0.478 e. The van der Waals surface area contributed by atoms with Crippen molar-refractivity contribution in [1.82, 2.24) is 10.2 Å². The van der Waals surface area contributed by atoms with Crippen LogP contribution in [0.3, 0.4) is 0 Å². The molecule has 1 aromatic heterocycles. The first kappa shape index (κ1) is 13.5. The number of hydrogen-bond acceptors (Lipinski definition) is 4. The highest BCUT2D eigenvalue weighted by atomic mass is 32.1. The monoisotopic (exact) mass is 268 g/mol. The molecular formula is C13H20N2O2S. The van der Waals surface area contributed by atoms with Crippen molar-refractivity contribution >= 4 is 17.3 Å². The van der Waals surface area contributed by atoms with Crippen LogP contribution >= 0.6 is 11.3 Å². The highest BCUT2D eigenvalue weighted by Gasteiger charge is 2.23. The molecule has 1 aliphatic heterocycles. The lowest BCUT2D eigenvalue weighted by Gasteiger charge is -2.35. The molecule has 5 heteroatoms. The van der Waals surface area contributed by atoms with Gasteiger partial charge in [-0.2, -0.15) is 0 Å². The summed E-state index contributed by atoms with van der Waals surface area (Å²) in [6.07, 6.45) is 1.16. The van der Waals surface area contributed by atoms with Crippen molar-refractivity contribution in [2.45, 2.75) is 25.9 Å². The van der Waals surface area contributed by atoms with Crippen LogP contribution in [0, 0.1) is 5.92 Å². The second kappa shape index (κ2) is 5.82. The molecule has 1 saturated heterocycles. The molecule has 100 valence electrons. The van der Waals surface area contributed by atoms with Crippen molar-refractivity contribution in [2.24, 2.45) is 5.92 Å². The lowest BCUT2D eigenvalue weighted by molar-refractivity contribution is 0.0697. The quantitative estimate of drug-likeness (QED) is 0.875. The second-order valence-corrected chi connectivity index (χ2v) is 6.12. The number of piperidine rings is 1. The zero-order valence-electron chi connectivity index (χ0n) is 10.8. The Morgan fingerprint density at radius 3 is 3.06 bits per heavy atom. The molecule has 1 aromatic rings. The maximum absolute atomic E-state index is 10.8. The van der Waals surface area contributed by atoms with Gasteiger partial charge in [-0.05, 0) is 32.0 Å². The topological polar surface area (TPSA) is 52.6 Å². The maximum Gasteiger partial charge on any atom is 0.336 e. The number of nitrogens with one attached hydrogen (secondary N) is 1. The number of rotatable bonds is 4. The van der Waals surface area contributed by atoms with Crippen molar-refractivity contribution in [3.8, 4) is 0 Å². The van der Waals surface area contributed by atoms with Gasteiger partial charge >= 0.3 is 5.97 Å². The van der Waals surface area contributed by atoms with Crippen molar-refractivity contribution in [2.75, 3.05) is 20.1 Å². The van der Waals surface area contributed by atoms with E-state index in [-0.39, 0.29) is 0 Å². The third kappa shape index (κ3) is 3.31. The van der Waals surface area contributed by atoms with E-state index >= 15 is 0 Å². The Kier molecular flexibility index (Phi) is 4.37. The van der Waals surface area contributed by atoms with Gasteiger partial charge in [0.15, 0.2) is 0 Å². The average molecular weight is 268 g/mol. The summed E-state index contributed by atoms with van der Waals surface area (Å²) in [5, 5.41) is 14.1. The summed E-state index contributed by atoms with van der Waals surface area (Å²) >= 11 is 1.51. The average Bonchev–Trinajstić information content (AvgIpc) is 2.76. The summed E-state index contributed by atoms with van der Waals surface area (Å²) in [6.45, 7) is 5.30. The number of carboxylic acids is 1. The van der Waals surface area contributed by atoms with Crippen molar-refractivity contribution in [3.63, 3.8) is 0 Å². The first-order valence-corrected chi connectivity index (χ1v) is 7.17. The molecule has 2 atom stereocenters. The molecule has 0 saturated carbocycles. The van der Waals surface area contributed by atoms with Crippen LogP contribution in [-0.2, 0) is 6.54 Å². The first-order valence-electron chi connectivity index (χ1n) is 6.29. The Morgan fingerprint density at radius 2 is 2.44 bits per heavy atom. The lowest BCUT2D eigenvalue weighted by Crippen LogP contribution is -2.46. The molecule has 0 aliphatic carbocycles. The standard InChI is InChI=1S/C13H20N2O2S/c1-9-7-15(2)4-3-12(9)14-6-11-5-10(8-18-11)13(16)17/h5,8-9,12,14H,3-4,6-7H2,1-2H3,(H,16,17). The van der Waals surface area contributed by atoms with Gasteiger partial charge in [0.05, 0.1) is 5.56 Å². The zero-order valence-corrected chi connectivity index (χ0v) is 11.7. The third-order valence-electron chi connectivity index (χ3n) is 3.55. The van der Waals surface area contributed by atoms with Crippen molar-refractivity contribution < 1.29 is 9.90 Å². The molecule has 0 radical (unpaired) electrons. The number of nitrogens with zero attached hydrogens (tertiary/aromatic N) is 1. The van der Waals surface area contributed by atoms with Crippen molar-refractivity contribution in [3.05, 3.63) is 21.9 Å². The molecule has 0 bridgehead atoms. The molecular weight excluding hydrogens is 248 g/mol. The first-order chi connectivity index (χ1) is 8.56. The van der Waals surface area contributed by atoms with E-state index in [0.717, 1.165) is 30.9 Å². The Balaban J connectivity index is 1.85. The molecule has 2 heterocycles. The summed E-state index contributed by atoms with van der Waals surface area (Å²) in [5.74, 6) is -0.201. The van der Waals surface area contributed by atoms with E-state index in [1.807, 2.05) is 0 Å². The van der Waals surface area contributed by atoms with Gasteiger partial charge in [0, 0.05) is 29.4 Å². The fourth-order valence-electron chi connectivity index (χ4n) is 2.47. The van der Waals surface area contributed by atoms with E-state index in [2.05, 4.69) is 24.2 Å². The van der Waals surface area contributed by atoms with Crippen molar-refractivity contribution in [1.29, 1.82) is 0 Å². The number of thiophene rings is 1.